The van der Waals surface area contributed by atoms with Crippen LogP contribution in [0.25, 0.3) is 10.2 Å². The minimum absolute atomic E-state index is 0.192. The molecule has 0 aliphatic rings. The summed E-state index contributed by atoms with van der Waals surface area (Å²) in [7, 11) is 1.96. The fourth-order valence-electron chi connectivity index (χ4n) is 2.24. The van der Waals surface area contributed by atoms with Gasteiger partial charge < -0.3 is 4.57 Å². The fourth-order valence-corrected chi connectivity index (χ4v) is 4.67. The minimum Gasteiger partial charge on any atom is -0.319 e. The number of hydrogen-bond donors (Lipinski definition) is 0. The lowest BCUT2D eigenvalue weighted by Crippen LogP contribution is -2.13. The molecule has 0 bridgehead atoms. The fraction of sp³-hybridized carbons (Fsp3) is 0.200. The second-order valence-electron chi connectivity index (χ2n) is 4.84. The number of fused-ring (bicyclic) bond motifs is 1. The Morgan fingerprint density at radius 2 is 1.86 bits per heavy atom. The summed E-state index contributed by atoms with van der Waals surface area (Å²) < 4.78 is 4.13. The summed E-state index contributed by atoms with van der Waals surface area (Å²) in [5.74, 6) is -0.192. The van der Waals surface area contributed by atoms with E-state index in [0.29, 0.717) is 4.88 Å². The highest BCUT2D eigenvalue weighted by atomic mass is 79.9. The molecule has 1 amide bonds. The lowest BCUT2D eigenvalue weighted by molar-refractivity contribution is 0.100. The normalized spacial score (nSPS) is 12.3. The van der Waals surface area contributed by atoms with Crippen molar-refractivity contribution >= 4 is 54.7 Å². The number of nitrogens with zero attached hydrogens (tertiary/aromatic N) is 2. The molecule has 0 atom stereocenters. The Morgan fingerprint density at radius 3 is 2.48 bits per heavy atom. The molecule has 0 fully saturated rings. The van der Waals surface area contributed by atoms with E-state index in [4.69, 9.17) is 0 Å². The van der Waals surface area contributed by atoms with Crippen LogP contribution in [-0.4, -0.2) is 10.5 Å². The lowest BCUT2D eigenvalue weighted by Gasteiger charge is -2.01. The molecule has 1 aromatic carbocycles. The molecule has 0 N–H and O–H groups in total. The average Bonchev–Trinajstić information content (AvgIpc) is 3.00. The molecule has 3 aromatic rings. The molecule has 3 nitrogen and oxygen atoms in total. The van der Waals surface area contributed by atoms with Crippen molar-refractivity contribution in [3.63, 3.8) is 0 Å². The van der Waals surface area contributed by atoms with Crippen molar-refractivity contribution in [1.82, 2.24) is 4.57 Å². The van der Waals surface area contributed by atoms with Gasteiger partial charge in [0.25, 0.3) is 5.91 Å². The number of hydrogen-bond acceptors (Lipinski definition) is 3. The molecular weight excluding hydrogens is 368 g/mol. The summed E-state index contributed by atoms with van der Waals surface area (Å²) in [6.45, 7) is 4.16. The van der Waals surface area contributed by atoms with Crippen molar-refractivity contribution in [1.29, 1.82) is 0 Å². The van der Waals surface area contributed by atoms with Gasteiger partial charge >= 0.3 is 0 Å². The molecule has 2 aromatic heterocycles. The van der Waals surface area contributed by atoms with Crippen molar-refractivity contribution in [3.05, 3.63) is 48.9 Å². The van der Waals surface area contributed by atoms with E-state index in [1.807, 2.05) is 17.7 Å². The quantitative estimate of drug-likeness (QED) is 0.614. The van der Waals surface area contributed by atoms with Crippen molar-refractivity contribution in [3.8, 4) is 0 Å². The molecule has 21 heavy (non-hydrogen) atoms. The zero-order chi connectivity index (χ0) is 15.1. The molecule has 0 spiro atoms. The van der Waals surface area contributed by atoms with Gasteiger partial charge in [-0.3, -0.25) is 4.79 Å². The second kappa shape index (κ2) is 5.51. The molecule has 108 valence electrons. The number of thiazole rings is 1. The Balaban J connectivity index is 2.19. The number of halogens is 1. The van der Waals surface area contributed by atoms with Crippen LogP contribution in [-0.2, 0) is 7.05 Å². The topological polar surface area (TPSA) is 34.4 Å². The van der Waals surface area contributed by atoms with Crippen LogP contribution < -0.4 is 4.80 Å². The highest BCUT2D eigenvalue weighted by Gasteiger charge is 2.11. The zero-order valence-electron chi connectivity index (χ0n) is 11.8. The van der Waals surface area contributed by atoms with Gasteiger partial charge in [0.2, 0.25) is 0 Å². The molecule has 3 rings (SSSR count). The number of aryl methyl sites for hydroxylation is 3. The predicted molar refractivity (Wildman–Crippen MR) is 92.2 cm³/mol. The van der Waals surface area contributed by atoms with Crippen LogP contribution in [0, 0.1) is 13.8 Å². The van der Waals surface area contributed by atoms with Gasteiger partial charge in [-0.15, -0.1) is 11.3 Å². The van der Waals surface area contributed by atoms with Crippen LogP contribution in [0.1, 0.15) is 20.8 Å². The largest absolute Gasteiger partial charge is 0.319 e. The molecule has 0 aliphatic carbocycles. The van der Waals surface area contributed by atoms with Crippen LogP contribution in [0.4, 0.5) is 0 Å². The van der Waals surface area contributed by atoms with Crippen LogP contribution >= 0.6 is 38.6 Å². The predicted octanol–water partition coefficient (Wildman–Crippen LogP) is 4.42. The van der Waals surface area contributed by atoms with E-state index in [0.717, 1.165) is 14.1 Å². The van der Waals surface area contributed by atoms with Gasteiger partial charge in [-0.05, 0) is 53.0 Å². The van der Waals surface area contributed by atoms with Crippen molar-refractivity contribution in [2.45, 2.75) is 13.8 Å². The first-order valence-corrected chi connectivity index (χ1v) is 8.80. The van der Waals surface area contributed by atoms with Crippen LogP contribution in [0.3, 0.4) is 0 Å². The van der Waals surface area contributed by atoms with Gasteiger partial charge in [0.15, 0.2) is 4.80 Å². The minimum atomic E-state index is -0.192. The highest BCUT2D eigenvalue weighted by molar-refractivity contribution is 9.11. The van der Waals surface area contributed by atoms with Crippen LogP contribution in [0.2, 0.25) is 0 Å². The number of rotatable bonds is 1. The maximum Gasteiger partial charge on any atom is 0.289 e. The monoisotopic (exact) mass is 380 g/mol. The van der Waals surface area contributed by atoms with E-state index in [2.05, 4.69) is 46.9 Å². The summed E-state index contributed by atoms with van der Waals surface area (Å²) in [5.41, 5.74) is 3.56. The van der Waals surface area contributed by atoms with Gasteiger partial charge in [-0.2, -0.15) is 4.99 Å². The third kappa shape index (κ3) is 2.63. The number of carbonyl (C=O) groups excluding carboxylic acids is 1. The number of carbonyl (C=O) groups is 1. The van der Waals surface area contributed by atoms with E-state index in [9.17, 15) is 4.79 Å². The smallest absolute Gasteiger partial charge is 0.289 e. The molecule has 0 unspecified atom stereocenters. The van der Waals surface area contributed by atoms with Crippen molar-refractivity contribution in [2.75, 3.05) is 0 Å². The van der Waals surface area contributed by atoms with Crippen LogP contribution in [0.5, 0.6) is 0 Å². The number of aromatic nitrogens is 1. The Labute approximate surface area is 138 Å². The number of thiophene rings is 1. The molecule has 0 radical (unpaired) electrons. The molecule has 6 heteroatoms. The zero-order valence-corrected chi connectivity index (χ0v) is 15.0. The number of amides is 1. The van der Waals surface area contributed by atoms with Gasteiger partial charge in [0.05, 0.1) is 18.9 Å². The Morgan fingerprint density at radius 1 is 1.14 bits per heavy atom. The third-order valence-electron chi connectivity index (χ3n) is 3.33. The maximum atomic E-state index is 12.2. The molecule has 0 saturated heterocycles. The van der Waals surface area contributed by atoms with Crippen molar-refractivity contribution < 1.29 is 4.79 Å². The first-order chi connectivity index (χ1) is 9.97. The summed E-state index contributed by atoms with van der Waals surface area (Å²) in [4.78, 5) is 17.9. The molecule has 0 aliphatic heterocycles. The number of benzene rings is 1. The van der Waals surface area contributed by atoms with Gasteiger partial charge in [-0.25, -0.2) is 0 Å². The van der Waals surface area contributed by atoms with E-state index in [1.165, 1.54) is 27.2 Å². The van der Waals surface area contributed by atoms with Gasteiger partial charge in [0.1, 0.15) is 0 Å². The SMILES string of the molecule is Cc1ccc(C)c2c1sc(=NC(=O)c1ccc(Br)s1)n2C. The second-order valence-corrected chi connectivity index (χ2v) is 8.28. The Bertz CT molecular complexity index is 918. The molecule has 2 heterocycles. The molecular formula is C15H13BrN2OS2. The summed E-state index contributed by atoms with van der Waals surface area (Å²) in [5, 5.41) is 0. The summed E-state index contributed by atoms with van der Waals surface area (Å²) in [6.07, 6.45) is 0. The average molecular weight is 381 g/mol. The Hall–Kier alpha value is -1.24. The Kier molecular flexibility index (Phi) is 3.86. The van der Waals surface area contributed by atoms with Crippen molar-refractivity contribution in [2.24, 2.45) is 12.0 Å². The summed E-state index contributed by atoms with van der Waals surface area (Å²) in [6, 6.07) is 7.87. The van der Waals surface area contributed by atoms with E-state index < -0.39 is 0 Å². The standard InChI is InChI=1S/C15H13BrN2OS2/c1-8-4-5-9(2)13-12(8)18(3)15(21-13)17-14(19)10-6-7-11(16)20-10/h4-7H,1-3H3. The van der Waals surface area contributed by atoms with E-state index in [-0.39, 0.29) is 5.91 Å². The van der Waals surface area contributed by atoms with Gasteiger partial charge in [0, 0.05) is 7.05 Å². The van der Waals surface area contributed by atoms with Crippen LogP contribution in [0.15, 0.2) is 33.0 Å². The highest BCUT2D eigenvalue weighted by Crippen LogP contribution is 2.25. The third-order valence-corrected chi connectivity index (χ3v) is 6.21. The van der Waals surface area contributed by atoms with E-state index in [1.54, 1.807) is 17.4 Å². The molecule has 0 saturated carbocycles. The first-order valence-electron chi connectivity index (χ1n) is 6.37. The van der Waals surface area contributed by atoms with E-state index >= 15 is 0 Å². The first kappa shape index (κ1) is 14.7. The maximum absolute atomic E-state index is 12.2. The van der Waals surface area contributed by atoms with Gasteiger partial charge in [-0.1, -0.05) is 23.5 Å². The lowest BCUT2D eigenvalue weighted by atomic mass is 10.1. The summed E-state index contributed by atoms with van der Waals surface area (Å²) >= 11 is 6.34.